The minimum atomic E-state index is -0.237. The average Bonchev–Trinajstić information content (AvgIpc) is 3.22. The van der Waals surface area contributed by atoms with Gasteiger partial charge in [-0.1, -0.05) is 30.3 Å². The zero-order valence-electron chi connectivity index (χ0n) is 13.8. The van der Waals surface area contributed by atoms with E-state index in [1.54, 1.807) is 13.2 Å². The zero-order valence-corrected chi connectivity index (χ0v) is 14.6. The second-order valence-corrected chi connectivity index (χ2v) is 6.24. The lowest BCUT2D eigenvalue weighted by atomic mass is 10.2. The van der Waals surface area contributed by atoms with Crippen LogP contribution < -0.4 is 10.6 Å². The Labute approximate surface area is 144 Å². The van der Waals surface area contributed by atoms with E-state index in [1.807, 2.05) is 44.2 Å². The Morgan fingerprint density at radius 3 is 2.75 bits per heavy atom. The van der Waals surface area contributed by atoms with Crippen LogP contribution in [0.5, 0.6) is 0 Å². The molecule has 3 rings (SSSR count). The average molecular weight is 341 g/mol. The standard InChI is InChI=1S/C17H19N5OS/c1-10-14(17(18-3)24-22-10)16(23)20-11(2)15-19-9-13(21-15)12-7-5-4-6-8-12/h4-9,11,18H,1-3H3,(H,19,21)(H,20,23)/t11-/m1/s1. The molecule has 6 nitrogen and oxygen atoms in total. The van der Waals surface area contributed by atoms with Crippen molar-refractivity contribution >= 4 is 22.4 Å². The van der Waals surface area contributed by atoms with Crippen molar-refractivity contribution in [2.45, 2.75) is 19.9 Å². The molecule has 0 radical (unpaired) electrons. The number of hydrogen-bond donors (Lipinski definition) is 3. The Morgan fingerprint density at radius 2 is 2.04 bits per heavy atom. The van der Waals surface area contributed by atoms with Gasteiger partial charge in [-0.25, -0.2) is 4.98 Å². The summed E-state index contributed by atoms with van der Waals surface area (Å²) in [4.78, 5) is 20.2. The molecule has 1 aromatic carbocycles. The van der Waals surface area contributed by atoms with Gasteiger partial charge in [-0.15, -0.1) is 0 Å². The molecule has 3 N–H and O–H groups in total. The molecule has 2 aromatic heterocycles. The molecule has 0 aliphatic heterocycles. The molecular formula is C17H19N5OS. The molecule has 0 unspecified atom stereocenters. The highest BCUT2D eigenvalue weighted by molar-refractivity contribution is 7.10. The molecule has 0 saturated carbocycles. The number of rotatable bonds is 5. The van der Waals surface area contributed by atoms with E-state index in [9.17, 15) is 4.79 Å². The van der Waals surface area contributed by atoms with Gasteiger partial charge in [-0.2, -0.15) is 4.37 Å². The van der Waals surface area contributed by atoms with Crippen LogP contribution in [0.25, 0.3) is 11.3 Å². The van der Waals surface area contributed by atoms with E-state index in [-0.39, 0.29) is 11.9 Å². The number of hydrogen-bond acceptors (Lipinski definition) is 5. The maximum atomic E-state index is 12.5. The van der Waals surface area contributed by atoms with E-state index < -0.39 is 0 Å². The molecule has 0 aliphatic rings. The first-order valence-electron chi connectivity index (χ1n) is 7.65. The second kappa shape index (κ2) is 6.84. The molecule has 3 aromatic rings. The number of imidazole rings is 1. The summed E-state index contributed by atoms with van der Waals surface area (Å²) in [6.07, 6.45) is 1.78. The number of nitrogens with one attached hydrogen (secondary N) is 3. The molecule has 0 spiro atoms. The lowest BCUT2D eigenvalue weighted by Gasteiger charge is -2.12. The summed E-state index contributed by atoms with van der Waals surface area (Å²) in [5.41, 5.74) is 3.30. The lowest BCUT2D eigenvalue weighted by molar-refractivity contribution is 0.0939. The van der Waals surface area contributed by atoms with Crippen LogP contribution in [0.4, 0.5) is 5.00 Å². The summed E-state index contributed by atoms with van der Waals surface area (Å²) in [5, 5.41) is 6.75. The van der Waals surface area contributed by atoms with Crippen molar-refractivity contribution in [2.24, 2.45) is 0 Å². The summed E-state index contributed by atoms with van der Waals surface area (Å²) in [5.74, 6) is 0.560. The highest BCUT2D eigenvalue weighted by Gasteiger charge is 2.21. The van der Waals surface area contributed by atoms with Crippen LogP contribution in [0.2, 0.25) is 0 Å². The molecule has 0 fully saturated rings. The van der Waals surface area contributed by atoms with Crippen LogP contribution in [-0.4, -0.2) is 27.3 Å². The van der Waals surface area contributed by atoms with Gasteiger partial charge in [0.05, 0.1) is 29.2 Å². The van der Waals surface area contributed by atoms with E-state index in [4.69, 9.17) is 0 Å². The lowest BCUT2D eigenvalue weighted by Crippen LogP contribution is -2.28. The van der Waals surface area contributed by atoms with Gasteiger partial charge in [-0.05, 0) is 30.9 Å². The smallest absolute Gasteiger partial charge is 0.256 e. The number of aryl methyl sites for hydroxylation is 1. The van der Waals surface area contributed by atoms with Crippen LogP contribution in [0.1, 0.15) is 34.8 Å². The van der Waals surface area contributed by atoms with Crippen molar-refractivity contribution in [1.82, 2.24) is 19.7 Å². The van der Waals surface area contributed by atoms with E-state index in [0.717, 1.165) is 22.0 Å². The van der Waals surface area contributed by atoms with E-state index in [0.29, 0.717) is 11.4 Å². The minimum absolute atomic E-state index is 0.157. The zero-order chi connectivity index (χ0) is 17.1. The maximum Gasteiger partial charge on any atom is 0.256 e. The molecule has 7 heteroatoms. The van der Waals surface area contributed by atoms with Crippen LogP contribution in [-0.2, 0) is 0 Å². The fourth-order valence-electron chi connectivity index (χ4n) is 2.47. The normalized spacial score (nSPS) is 12.0. The predicted molar refractivity (Wildman–Crippen MR) is 96.3 cm³/mol. The van der Waals surface area contributed by atoms with Crippen LogP contribution in [0.15, 0.2) is 36.5 Å². The first-order chi connectivity index (χ1) is 11.6. The van der Waals surface area contributed by atoms with Gasteiger partial charge in [0.1, 0.15) is 10.8 Å². The highest BCUT2D eigenvalue weighted by atomic mass is 32.1. The van der Waals surface area contributed by atoms with Crippen molar-refractivity contribution in [2.75, 3.05) is 12.4 Å². The van der Waals surface area contributed by atoms with Gasteiger partial charge in [0, 0.05) is 7.05 Å². The molecule has 1 amide bonds. The third-order valence-electron chi connectivity index (χ3n) is 3.75. The molecule has 2 heterocycles. The van der Waals surface area contributed by atoms with Crippen LogP contribution in [0.3, 0.4) is 0 Å². The Kier molecular flexibility index (Phi) is 4.61. The Balaban J connectivity index is 1.76. The number of carbonyl (C=O) groups is 1. The Morgan fingerprint density at radius 1 is 1.29 bits per heavy atom. The maximum absolute atomic E-state index is 12.5. The van der Waals surface area contributed by atoms with E-state index >= 15 is 0 Å². The predicted octanol–water partition coefficient (Wildman–Crippen LogP) is 3.37. The summed E-state index contributed by atoms with van der Waals surface area (Å²) >= 11 is 1.28. The van der Waals surface area contributed by atoms with Crippen LogP contribution >= 0.6 is 11.5 Å². The monoisotopic (exact) mass is 341 g/mol. The fraction of sp³-hybridized carbons (Fsp3) is 0.235. The SMILES string of the molecule is CNc1snc(C)c1C(=O)N[C@H](C)c1ncc(-c2ccccc2)[nH]1. The number of anilines is 1. The number of amides is 1. The van der Waals surface area contributed by atoms with Gasteiger partial charge in [0.25, 0.3) is 5.91 Å². The third-order valence-corrected chi connectivity index (χ3v) is 4.71. The minimum Gasteiger partial charge on any atom is -0.378 e. The van der Waals surface area contributed by atoms with Gasteiger partial charge in [0.15, 0.2) is 0 Å². The Bertz CT molecular complexity index is 840. The van der Waals surface area contributed by atoms with Crippen molar-refractivity contribution in [3.05, 3.63) is 53.6 Å². The summed E-state index contributed by atoms with van der Waals surface area (Å²) < 4.78 is 4.23. The van der Waals surface area contributed by atoms with Crippen LogP contribution in [0, 0.1) is 6.92 Å². The van der Waals surface area contributed by atoms with Gasteiger partial charge in [-0.3, -0.25) is 4.79 Å². The number of benzene rings is 1. The summed E-state index contributed by atoms with van der Waals surface area (Å²) in [6.45, 7) is 3.73. The van der Waals surface area contributed by atoms with Crippen molar-refractivity contribution in [1.29, 1.82) is 0 Å². The van der Waals surface area contributed by atoms with E-state index in [2.05, 4.69) is 25.0 Å². The summed E-state index contributed by atoms with van der Waals surface area (Å²) in [6, 6.07) is 9.72. The fourth-order valence-corrected chi connectivity index (χ4v) is 3.21. The second-order valence-electron chi connectivity index (χ2n) is 5.47. The molecule has 24 heavy (non-hydrogen) atoms. The van der Waals surface area contributed by atoms with E-state index in [1.165, 1.54) is 11.5 Å². The van der Waals surface area contributed by atoms with Crippen molar-refractivity contribution in [3.63, 3.8) is 0 Å². The highest BCUT2D eigenvalue weighted by Crippen LogP contribution is 2.25. The molecule has 0 aliphatic carbocycles. The number of carbonyl (C=O) groups excluding carboxylic acids is 1. The first-order valence-corrected chi connectivity index (χ1v) is 8.42. The molecule has 1 atom stereocenters. The van der Waals surface area contributed by atoms with Gasteiger partial charge < -0.3 is 15.6 Å². The Hall–Kier alpha value is -2.67. The number of aromatic nitrogens is 3. The van der Waals surface area contributed by atoms with Gasteiger partial charge in [0.2, 0.25) is 0 Å². The molecule has 0 bridgehead atoms. The topological polar surface area (TPSA) is 82.7 Å². The molecular weight excluding hydrogens is 322 g/mol. The van der Waals surface area contributed by atoms with Crippen molar-refractivity contribution < 1.29 is 4.79 Å². The number of nitrogens with zero attached hydrogens (tertiary/aromatic N) is 2. The molecule has 124 valence electrons. The summed E-state index contributed by atoms with van der Waals surface area (Å²) in [7, 11) is 1.78. The van der Waals surface area contributed by atoms with Crippen molar-refractivity contribution in [3.8, 4) is 11.3 Å². The largest absolute Gasteiger partial charge is 0.378 e. The molecule has 0 saturated heterocycles. The number of aromatic amines is 1. The third kappa shape index (κ3) is 3.16. The quantitative estimate of drug-likeness (QED) is 0.664. The number of H-pyrrole nitrogens is 1. The first kappa shape index (κ1) is 16.2. The van der Waals surface area contributed by atoms with Gasteiger partial charge >= 0.3 is 0 Å².